The fourth-order valence-corrected chi connectivity index (χ4v) is 1.64. The van der Waals surface area contributed by atoms with Crippen molar-refractivity contribution in [2.24, 2.45) is 0 Å². The van der Waals surface area contributed by atoms with Crippen LogP contribution in [0.15, 0.2) is 4.34 Å². The SMILES string of the molecule is COC(=O)Nc1nnc(SC)s1. The lowest BCUT2D eigenvalue weighted by Gasteiger charge is -1.95. The summed E-state index contributed by atoms with van der Waals surface area (Å²) >= 11 is 2.78. The molecule has 0 bridgehead atoms. The summed E-state index contributed by atoms with van der Waals surface area (Å²) in [5.74, 6) is 0. The Morgan fingerprint density at radius 1 is 1.67 bits per heavy atom. The number of aromatic nitrogens is 2. The average Bonchev–Trinajstić information content (AvgIpc) is 2.52. The van der Waals surface area contributed by atoms with Crippen molar-refractivity contribution in [3.8, 4) is 0 Å². The van der Waals surface area contributed by atoms with Gasteiger partial charge in [0.25, 0.3) is 0 Å². The molecule has 12 heavy (non-hydrogen) atoms. The molecule has 0 aliphatic carbocycles. The number of ether oxygens (including phenoxy) is 1. The molecule has 1 aromatic rings. The Kier molecular flexibility index (Phi) is 3.30. The van der Waals surface area contributed by atoms with E-state index in [0.29, 0.717) is 5.13 Å². The summed E-state index contributed by atoms with van der Waals surface area (Å²) < 4.78 is 5.19. The number of anilines is 1. The van der Waals surface area contributed by atoms with Crippen LogP contribution >= 0.6 is 23.1 Å². The molecule has 0 aliphatic heterocycles. The van der Waals surface area contributed by atoms with Gasteiger partial charge in [0.1, 0.15) is 0 Å². The van der Waals surface area contributed by atoms with Crippen molar-refractivity contribution in [1.29, 1.82) is 0 Å². The standard InChI is InChI=1S/C5H7N3O2S2/c1-10-4(9)6-3-7-8-5(11-2)12-3/h1-2H3,(H,6,7,9). The van der Waals surface area contributed by atoms with Gasteiger partial charge in [-0.05, 0) is 6.26 Å². The Morgan fingerprint density at radius 3 is 2.92 bits per heavy atom. The molecule has 1 N–H and O–H groups in total. The van der Waals surface area contributed by atoms with Gasteiger partial charge in [-0.3, -0.25) is 5.32 Å². The molecule has 1 rings (SSSR count). The van der Waals surface area contributed by atoms with Crippen molar-refractivity contribution in [2.75, 3.05) is 18.7 Å². The molecular formula is C5H7N3O2S2. The van der Waals surface area contributed by atoms with Crippen molar-refractivity contribution in [3.05, 3.63) is 0 Å². The zero-order valence-corrected chi connectivity index (χ0v) is 8.16. The lowest BCUT2D eigenvalue weighted by molar-refractivity contribution is 0.187. The molecular weight excluding hydrogens is 198 g/mol. The van der Waals surface area contributed by atoms with E-state index in [0.717, 1.165) is 4.34 Å². The van der Waals surface area contributed by atoms with Crippen molar-refractivity contribution in [3.63, 3.8) is 0 Å². The third kappa shape index (κ3) is 2.35. The van der Waals surface area contributed by atoms with E-state index in [1.807, 2.05) is 6.26 Å². The highest BCUT2D eigenvalue weighted by atomic mass is 32.2. The van der Waals surface area contributed by atoms with Crippen LogP contribution in [0, 0.1) is 0 Å². The van der Waals surface area contributed by atoms with E-state index in [1.54, 1.807) is 0 Å². The van der Waals surface area contributed by atoms with Crippen molar-refractivity contribution in [2.45, 2.75) is 4.34 Å². The van der Waals surface area contributed by atoms with E-state index in [9.17, 15) is 4.79 Å². The molecule has 7 heteroatoms. The second kappa shape index (κ2) is 4.27. The van der Waals surface area contributed by atoms with E-state index < -0.39 is 6.09 Å². The normalized spacial score (nSPS) is 9.50. The molecule has 1 heterocycles. The van der Waals surface area contributed by atoms with Crippen LogP contribution in [0.4, 0.5) is 9.93 Å². The fraction of sp³-hybridized carbons (Fsp3) is 0.400. The molecule has 0 saturated carbocycles. The molecule has 0 atom stereocenters. The van der Waals surface area contributed by atoms with Gasteiger partial charge in [-0.2, -0.15) is 0 Å². The zero-order valence-electron chi connectivity index (χ0n) is 6.53. The highest BCUT2D eigenvalue weighted by molar-refractivity contribution is 8.00. The maximum absolute atomic E-state index is 10.7. The van der Waals surface area contributed by atoms with Gasteiger partial charge in [0.2, 0.25) is 5.13 Å². The number of amides is 1. The topological polar surface area (TPSA) is 64.1 Å². The molecule has 1 aromatic heterocycles. The van der Waals surface area contributed by atoms with E-state index in [4.69, 9.17) is 0 Å². The summed E-state index contributed by atoms with van der Waals surface area (Å²) in [6.07, 6.45) is 1.36. The first-order chi connectivity index (χ1) is 5.76. The van der Waals surface area contributed by atoms with Crippen LogP contribution in [-0.2, 0) is 4.74 Å². The Balaban J connectivity index is 2.58. The monoisotopic (exact) mass is 205 g/mol. The molecule has 0 saturated heterocycles. The number of thioether (sulfide) groups is 1. The van der Waals surface area contributed by atoms with E-state index in [1.165, 1.54) is 30.2 Å². The zero-order chi connectivity index (χ0) is 8.97. The van der Waals surface area contributed by atoms with E-state index >= 15 is 0 Å². The van der Waals surface area contributed by atoms with Gasteiger partial charge in [-0.25, -0.2) is 4.79 Å². The molecule has 5 nitrogen and oxygen atoms in total. The third-order valence-electron chi connectivity index (χ3n) is 0.975. The maximum atomic E-state index is 10.7. The van der Waals surface area contributed by atoms with Crippen LogP contribution in [0.1, 0.15) is 0 Å². The first-order valence-corrected chi connectivity index (χ1v) is 5.03. The van der Waals surface area contributed by atoms with Crippen molar-refractivity contribution in [1.82, 2.24) is 10.2 Å². The molecule has 66 valence electrons. The summed E-state index contributed by atoms with van der Waals surface area (Å²) in [5, 5.41) is 10.4. The number of nitrogens with one attached hydrogen (secondary N) is 1. The average molecular weight is 205 g/mol. The summed E-state index contributed by atoms with van der Waals surface area (Å²) in [6.45, 7) is 0. The van der Waals surface area contributed by atoms with Crippen molar-refractivity contribution < 1.29 is 9.53 Å². The number of hydrogen-bond donors (Lipinski definition) is 1. The number of rotatable bonds is 2. The number of nitrogens with zero attached hydrogens (tertiary/aromatic N) is 2. The molecule has 0 spiro atoms. The summed E-state index contributed by atoms with van der Waals surface area (Å²) in [5.41, 5.74) is 0. The summed E-state index contributed by atoms with van der Waals surface area (Å²) in [7, 11) is 1.30. The Morgan fingerprint density at radius 2 is 2.42 bits per heavy atom. The van der Waals surface area contributed by atoms with Gasteiger partial charge < -0.3 is 4.74 Å². The minimum absolute atomic E-state index is 0.450. The molecule has 0 fully saturated rings. The number of carbonyl (C=O) groups is 1. The number of carbonyl (C=O) groups excluding carboxylic acids is 1. The summed E-state index contributed by atoms with van der Waals surface area (Å²) in [4.78, 5) is 10.7. The van der Waals surface area contributed by atoms with Crippen LogP contribution in [0.2, 0.25) is 0 Å². The van der Waals surface area contributed by atoms with Gasteiger partial charge in [0.05, 0.1) is 7.11 Å². The van der Waals surface area contributed by atoms with E-state index in [-0.39, 0.29) is 0 Å². The van der Waals surface area contributed by atoms with Gasteiger partial charge in [-0.15, -0.1) is 10.2 Å². The second-order valence-electron chi connectivity index (χ2n) is 1.69. The first kappa shape index (κ1) is 9.27. The minimum atomic E-state index is -0.529. The number of methoxy groups -OCH3 is 1. The highest BCUT2D eigenvalue weighted by Crippen LogP contribution is 2.22. The maximum Gasteiger partial charge on any atom is 0.413 e. The second-order valence-corrected chi connectivity index (χ2v) is 3.72. The lowest BCUT2D eigenvalue weighted by Crippen LogP contribution is -2.10. The van der Waals surface area contributed by atoms with Crippen LogP contribution in [0.25, 0.3) is 0 Å². The van der Waals surface area contributed by atoms with Gasteiger partial charge in [0, 0.05) is 0 Å². The van der Waals surface area contributed by atoms with E-state index in [2.05, 4.69) is 20.3 Å². The molecule has 0 aromatic carbocycles. The van der Waals surface area contributed by atoms with Gasteiger partial charge >= 0.3 is 6.09 Å². The predicted molar refractivity (Wildman–Crippen MR) is 47.7 cm³/mol. The Labute approximate surface area is 77.5 Å². The lowest BCUT2D eigenvalue weighted by atomic mass is 11.0. The number of hydrogen-bond acceptors (Lipinski definition) is 6. The van der Waals surface area contributed by atoms with Crippen LogP contribution in [0.3, 0.4) is 0 Å². The minimum Gasteiger partial charge on any atom is -0.453 e. The Hall–Kier alpha value is -0.820. The third-order valence-corrected chi connectivity index (χ3v) is 2.79. The van der Waals surface area contributed by atoms with Crippen LogP contribution in [0.5, 0.6) is 0 Å². The van der Waals surface area contributed by atoms with Crippen molar-refractivity contribution >= 4 is 34.3 Å². The van der Waals surface area contributed by atoms with Gasteiger partial charge in [-0.1, -0.05) is 23.1 Å². The fourth-order valence-electron chi connectivity index (χ4n) is 0.481. The summed E-state index contributed by atoms with van der Waals surface area (Å²) in [6, 6.07) is 0. The van der Waals surface area contributed by atoms with Crippen LogP contribution < -0.4 is 5.32 Å². The molecule has 0 aliphatic rings. The molecule has 0 unspecified atom stereocenters. The Bertz CT molecular complexity index is 275. The molecule has 1 amide bonds. The van der Waals surface area contributed by atoms with Crippen LogP contribution in [-0.4, -0.2) is 29.7 Å². The molecule has 0 radical (unpaired) electrons. The largest absolute Gasteiger partial charge is 0.453 e. The predicted octanol–water partition coefficient (Wildman–Crippen LogP) is 1.44. The smallest absolute Gasteiger partial charge is 0.413 e. The first-order valence-electron chi connectivity index (χ1n) is 2.98. The quantitative estimate of drug-likeness (QED) is 0.584. The van der Waals surface area contributed by atoms with Gasteiger partial charge in [0.15, 0.2) is 4.34 Å². The highest BCUT2D eigenvalue weighted by Gasteiger charge is 2.05.